The second-order valence-electron chi connectivity index (χ2n) is 5.20. The zero-order valence-electron chi connectivity index (χ0n) is 10.7. The molecule has 0 aromatic carbocycles. The topological polar surface area (TPSA) is 42.7 Å². The summed E-state index contributed by atoms with van der Waals surface area (Å²) in [7, 11) is 1.65. The smallest absolute Gasteiger partial charge is 0.226 e. The van der Waals surface area contributed by atoms with Crippen LogP contribution >= 0.6 is 0 Å². The number of likely N-dealkylation sites (tertiary alicyclic amines) is 1. The van der Waals surface area contributed by atoms with Gasteiger partial charge in [-0.2, -0.15) is 0 Å². The van der Waals surface area contributed by atoms with Crippen LogP contribution in [0.3, 0.4) is 0 Å². The number of nitrogens with zero attached hydrogens (tertiary/aromatic N) is 1. The molecule has 0 spiro atoms. The summed E-state index contributed by atoms with van der Waals surface area (Å²) < 4.78 is 10.8. The SMILES string of the molecule is COCc1ccc([C@@H]2CCCN2C(=O)C2CC2)o1. The Morgan fingerprint density at radius 2 is 2.28 bits per heavy atom. The number of furan rings is 1. The van der Waals surface area contributed by atoms with Crippen LogP contribution in [-0.2, 0) is 16.1 Å². The summed E-state index contributed by atoms with van der Waals surface area (Å²) in [6.07, 6.45) is 4.21. The highest BCUT2D eigenvalue weighted by Gasteiger charge is 2.39. The lowest BCUT2D eigenvalue weighted by Crippen LogP contribution is -2.31. The maximum atomic E-state index is 12.2. The van der Waals surface area contributed by atoms with E-state index in [0.717, 1.165) is 43.7 Å². The Labute approximate surface area is 107 Å². The normalized spacial score (nSPS) is 23.6. The number of methoxy groups -OCH3 is 1. The van der Waals surface area contributed by atoms with Crippen molar-refractivity contribution in [1.29, 1.82) is 0 Å². The first-order valence-corrected chi connectivity index (χ1v) is 6.67. The van der Waals surface area contributed by atoms with Crippen LogP contribution in [0.4, 0.5) is 0 Å². The summed E-state index contributed by atoms with van der Waals surface area (Å²) in [5.74, 6) is 2.35. The van der Waals surface area contributed by atoms with Crippen LogP contribution in [0, 0.1) is 5.92 Å². The lowest BCUT2D eigenvalue weighted by atomic mass is 10.1. The third-order valence-electron chi connectivity index (χ3n) is 3.76. The van der Waals surface area contributed by atoms with Crippen LogP contribution in [0.2, 0.25) is 0 Å². The maximum Gasteiger partial charge on any atom is 0.226 e. The van der Waals surface area contributed by atoms with Gasteiger partial charge in [0.2, 0.25) is 5.91 Å². The Morgan fingerprint density at radius 3 is 3.00 bits per heavy atom. The zero-order valence-corrected chi connectivity index (χ0v) is 10.7. The van der Waals surface area contributed by atoms with Crippen molar-refractivity contribution < 1.29 is 13.9 Å². The lowest BCUT2D eigenvalue weighted by Gasteiger charge is -2.23. The van der Waals surface area contributed by atoms with Gasteiger partial charge in [-0.3, -0.25) is 4.79 Å². The summed E-state index contributed by atoms with van der Waals surface area (Å²) >= 11 is 0. The second kappa shape index (κ2) is 4.76. The molecule has 2 fully saturated rings. The van der Waals surface area contributed by atoms with Gasteiger partial charge in [-0.1, -0.05) is 0 Å². The molecule has 3 rings (SSSR count). The summed E-state index contributed by atoms with van der Waals surface area (Å²) in [4.78, 5) is 14.2. The molecule has 2 aliphatic rings. The van der Waals surface area contributed by atoms with Gasteiger partial charge in [0, 0.05) is 19.6 Å². The van der Waals surface area contributed by atoms with Crippen molar-refractivity contribution >= 4 is 5.91 Å². The monoisotopic (exact) mass is 249 g/mol. The first-order chi connectivity index (χ1) is 8.79. The van der Waals surface area contributed by atoms with E-state index >= 15 is 0 Å². The number of carbonyl (C=O) groups excluding carboxylic acids is 1. The Kier molecular flexibility index (Phi) is 3.12. The summed E-state index contributed by atoms with van der Waals surface area (Å²) in [6, 6.07) is 4.07. The van der Waals surface area contributed by atoms with Crippen molar-refractivity contribution in [2.24, 2.45) is 5.92 Å². The van der Waals surface area contributed by atoms with Crippen LogP contribution in [0.1, 0.15) is 43.2 Å². The minimum atomic E-state index is 0.142. The molecule has 1 saturated heterocycles. The average molecular weight is 249 g/mol. The van der Waals surface area contributed by atoms with Gasteiger partial charge in [0.1, 0.15) is 18.1 Å². The third kappa shape index (κ3) is 2.17. The minimum Gasteiger partial charge on any atom is -0.461 e. The van der Waals surface area contributed by atoms with E-state index < -0.39 is 0 Å². The Bertz CT molecular complexity index is 436. The number of amides is 1. The van der Waals surface area contributed by atoms with Gasteiger partial charge in [0.15, 0.2) is 0 Å². The highest BCUT2D eigenvalue weighted by Crippen LogP contribution is 2.39. The third-order valence-corrected chi connectivity index (χ3v) is 3.76. The Hall–Kier alpha value is -1.29. The molecule has 98 valence electrons. The molecular formula is C14H19NO3. The fourth-order valence-corrected chi connectivity index (χ4v) is 2.68. The second-order valence-corrected chi connectivity index (χ2v) is 5.20. The van der Waals surface area contributed by atoms with E-state index in [9.17, 15) is 4.79 Å². The molecule has 18 heavy (non-hydrogen) atoms. The van der Waals surface area contributed by atoms with Gasteiger partial charge < -0.3 is 14.1 Å². The van der Waals surface area contributed by atoms with Gasteiger partial charge >= 0.3 is 0 Å². The highest BCUT2D eigenvalue weighted by atomic mass is 16.5. The molecule has 4 nitrogen and oxygen atoms in total. The van der Waals surface area contributed by atoms with Crippen LogP contribution in [0.5, 0.6) is 0 Å². The number of ether oxygens (including phenoxy) is 1. The Balaban J connectivity index is 1.74. The quantitative estimate of drug-likeness (QED) is 0.823. The van der Waals surface area contributed by atoms with Gasteiger partial charge in [-0.15, -0.1) is 0 Å². The van der Waals surface area contributed by atoms with Crippen molar-refractivity contribution in [3.63, 3.8) is 0 Å². The minimum absolute atomic E-state index is 0.142. The van der Waals surface area contributed by atoms with Crippen LogP contribution in [0.15, 0.2) is 16.5 Å². The Morgan fingerprint density at radius 1 is 1.44 bits per heavy atom. The predicted molar refractivity (Wildman–Crippen MR) is 65.8 cm³/mol. The van der Waals surface area contributed by atoms with E-state index in [4.69, 9.17) is 9.15 Å². The van der Waals surface area contributed by atoms with E-state index in [2.05, 4.69) is 0 Å². The lowest BCUT2D eigenvalue weighted by molar-refractivity contribution is -0.133. The van der Waals surface area contributed by atoms with E-state index in [1.54, 1.807) is 7.11 Å². The molecular weight excluding hydrogens is 230 g/mol. The van der Waals surface area contributed by atoms with Crippen molar-refractivity contribution in [3.8, 4) is 0 Å². The first-order valence-electron chi connectivity index (χ1n) is 6.67. The highest BCUT2D eigenvalue weighted by molar-refractivity contribution is 5.81. The average Bonchev–Trinajstić information content (AvgIpc) is 2.92. The van der Waals surface area contributed by atoms with E-state index in [0.29, 0.717) is 18.4 Å². The van der Waals surface area contributed by atoms with Crippen LogP contribution in [0.25, 0.3) is 0 Å². The van der Waals surface area contributed by atoms with Gasteiger partial charge in [-0.05, 0) is 37.8 Å². The zero-order chi connectivity index (χ0) is 12.5. The molecule has 0 bridgehead atoms. The molecule has 4 heteroatoms. The largest absolute Gasteiger partial charge is 0.461 e. The van der Waals surface area contributed by atoms with Crippen molar-refractivity contribution in [2.75, 3.05) is 13.7 Å². The number of hydrogen-bond donors (Lipinski definition) is 0. The van der Waals surface area contributed by atoms with E-state index in [-0.39, 0.29) is 6.04 Å². The summed E-state index contributed by atoms with van der Waals surface area (Å²) in [6.45, 7) is 1.36. The molecule has 1 atom stereocenters. The van der Waals surface area contributed by atoms with Crippen molar-refractivity contribution in [3.05, 3.63) is 23.7 Å². The molecule has 1 aliphatic carbocycles. The first kappa shape index (κ1) is 11.8. The number of carbonyl (C=O) groups is 1. The molecule has 1 aromatic rings. The molecule has 0 unspecified atom stereocenters. The summed E-state index contributed by atoms with van der Waals surface area (Å²) in [5, 5.41) is 0. The predicted octanol–water partition coefficient (Wildman–Crippen LogP) is 2.50. The van der Waals surface area contributed by atoms with Gasteiger partial charge in [0.25, 0.3) is 0 Å². The molecule has 0 N–H and O–H groups in total. The standard InChI is InChI=1S/C14H19NO3/c1-17-9-11-6-7-13(18-11)12-3-2-8-15(12)14(16)10-4-5-10/h6-7,10,12H,2-5,8-9H2,1H3/t12-/m0/s1. The summed E-state index contributed by atoms with van der Waals surface area (Å²) in [5.41, 5.74) is 0. The van der Waals surface area contributed by atoms with Gasteiger partial charge in [-0.25, -0.2) is 0 Å². The molecule has 2 heterocycles. The van der Waals surface area contributed by atoms with Crippen molar-refractivity contribution in [2.45, 2.75) is 38.3 Å². The molecule has 1 saturated carbocycles. The maximum absolute atomic E-state index is 12.2. The molecule has 1 aromatic heterocycles. The number of rotatable bonds is 4. The van der Waals surface area contributed by atoms with E-state index in [1.807, 2.05) is 17.0 Å². The van der Waals surface area contributed by atoms with Crippen LogP contribution in [-0.4, -0.2) is 24.5 Å². The van der Waals surface area contributed by atoms with Gasteiger partial charge in [0.05, 0.1) is 6.04 Å². The fourth-order valence-electron chi connectivity index (χ4n) is 2.68. The molecule has 1 amide bonds. The van der Waals surface area contributed by atoms with Crippen LogP contribution < -0.4 is 0 Å². The number of hydrogen-bond acceptors (Lipinski definition) is 3. The van der Waals surface area contributed by atoms with Crippen molar-refractivity contribution in [1.82, 2.24) is 4.90 Å². The molecule has 0 radical (unpaired) electrons. The fraction of sp³-hybridized carbons (Fsp3) is 0.643. The molecule has 1 aliphatic heterocycles. The van der Waals surface area contributed by atoms with E-state index in [1.165, 1.54) is 0 Å².